The monoisotopic (exact) mass is 327 g/mol. The molecule has 0 radical (unpaired) electrons. The molecule has 2 aromatic heterocycles. The first kappa shape index (κ1) is 16.6. The van der Waals surface area contributed by atoms with E-state index in [1.165, 1.54) is 0 Å². The molecule has 1 saturated heterocycles. The molecule has 1 amide bonds. The van der Waals surface area contributed by atoms with Crippen LogP contribution in [0, 0.1) is 12.3 Å². The first-order valence-electron chi connectivity index (χ1n) is 8.39. The van der Waals surface area contributed by atoms with Crippen molar-refractivity contribution in [2.45, 2.75) is 40.0 Å². The SMILES string of the molecule is Cc1nc(-c2ccnn2C)cc(C2CCN(C(=O)C(C)(C)C)C2)n1. The van der Waals surface area contributed by atoms with Crippen molar-refractivity contribution in [2.75, 3.05) is 13.1 Å². The molecule has 0 N–H and O–H groups in total. The average Bonchev–Trinajstić information content (AvgIpc) is 3.13. The molecule has 1 atom stereocenters. The zero-order chi connectivity index (χ0) is 17.5. The number of carbonyl (C=O) groups is 1. The number of nitrogens with zero attached hydrogens (tertiary/aromatic N) is 5. The van der Waals surface area contributed by atoms with Crippen LogP contribution in [0.15, 0.2) is 18.3 Å². The van der Waals surface area contributed by atoms with E-state index >= 15 is 0 Å². The predicted octanol–water partition coefficient (Wildman–Crippen LogP) is 2.55. The number of likely N-dealkylation sites (tertiary alicyclic amines) is 1. The van der Waals surface area contributed by atoms with E-state index in [2.05, 4.69) is 15.1 Å². The summed E-state index contributed by atoms with van der Waals surface area (Å²) in [5.41, 5.74) is 2.54. The first-order chi connectivity index (χ1) is 11.3. The highest BCUT2D eigenvalue weighted by molar-refractivity contribution is 5.81. The molecule has 0 spiro atoms. The number of rotatable bonds is 2. The molecule has 1 aliphatic rings. The fourth-order valence-corrected chi connectivity index (χ4v) is 3.22. The van der Waals surface area contributed by atoms with Crippen molar-refractivity contribution in [3.05, 3.63) is 29.8 Å². The van der Waals surface area contributed by atoms with E-state index < -0.39 is 0 Å². The molecule has 0 aliphatic carbocycles. The summed E-state index contributed by atoms with van der Waals surface area (Å²) in [4.78, 5) is 23.6. The van der Waals surface area contributed by atoms with Gasteiger partial charge in [-0.25, -0.2) is 9.97 Å². The van der Waals surface area contributed by atoms with Gasteiger partial charge in [0.2, 0.25) is 5.91 Å². The van der Waals surface area contributed by atoms with E-state index in [0.717, 1.165) is 42.4 Å². The van der Waals surface area contributed by atoms with Crippen molar-refractivity contribution < 1.29 is 4.79 Å². The Labute approximate surface area is 142 Å². The smallest absolute Gasteiger partial charge is 0.227 e. The molecule has 1 fully saturated rings. The maximum absolute atomic E-state index is 12.5. The van der Waals surface area contributed by atoms with Gasteiger partial charge in [-0.2, -0.15) is 5.10 Å². The standard InChI is InChI=1S/C18H25N5O/c1-12-20-14(10-15(21-12)16-6-8-19-22(16)5)13-7-9-23(11-13)17(24)18(2,3)4/h6,8,10,13H,7,9,11H2,1-5H3. The van der Waals surface area contributed by atoms with Crippen molar-refractivity contribution in [1.82, 2.24) is 24.6 Å². The molecule has 24 heavy (non-hydrogen) atoms. The lowest BCUT2D eigenvalue weighted by Gasteiger charge is -2.25. The molecular formula is C18H25N5O. The topological polar surface area (TPSA) is 63.9 Å². The molecule has 1 unspecified atom stereocenters. The Bertz CT molecular complexity index is 759. The van der Waals surface area contributed by atoms with Crippen LogP contribution >= 0.6 is 0 Å². The molecular weight excluding hydrogens is 302 g/mol. The van der Waals surface area contributed by atoms with Crippen LogP contribution in [-0.2, 0) is 11.8 Å². The largest absolute Gasteiger partial charge is 0.342 e. The van der Waals surface area contributed by atoms with Gasteiger partial charge in [-0.05, 0) is 25.5 Å². The molecule has 0 bridgehead atoms. The zero-order valence-corrected chi connectivity index (χ0v) is 15.1. The van der Waals surface area contributed by atoms with Crippen LogP contribution in [0.1, 0.15) is 44.6 Å². The van der Waals surface area contributed by atoms with Gasteiger partial charge in [0.05, 0.1) is 11.4 Å². The summed E-state index contributed by atoms with van der Waals surface area (Å²) >= 11 is 0. The number of aryl methyl sites for hydroxylation is 2. The molecule has 128 valence electrons. The van der Waals surface area contributed by atoms with E-state index in [1.807, 2.05) is 56.5 Å². The summed E-state index contributed by atoms with van der Waals surface area (Å²) in [6.07, 6.45) is 2.72. The van der Waals surface area contributed by atoms with Gasteiger partial charge in [-0.15, -0.1) is 0 Å². The molecule has 1 aliphatic heterocycles. The minimum atomic E-state index is -0.337. The Morgan fingerprint density at radius 2 is 2.04 bits per heavy atom. The maximum atomic E-state index is 12.5. The summed E-state index contributed by atoms with van der Waals surface area (Å²) in [6, 6.07) is 4.00. The Kier molecular flexibility index (Phi) is 4.15. The number of aromatic nitrogens is 4. The summed E-state index contributed by atoms with van der Waals surface area (Å²) in [5.74, 6) is 1.23. The van der Waals surface area contributed by atoms with Crippen LogP contribution in [0.4, 0.5) is 0 Å². The summed E-state index contributed by atoms with van der Waals surface area (Å²) < 4.78 is 1.82. The van der Waals surface area contributed by atoms with Gasteiger partial charge in [-0.1, -0.05) is 20.8 Å². The van der Waals surface area contributed by atoms with Crippen molar-refractivity contribution in [2.24, 2.45) is 12.5 Å². The lowest BCUT2D eigenvalue weighted by atomic mass is 9.95. The average molecular weight is 327 g/mol. The van der Waals surface area contributed by atoms with E-state index in [9.17, 15) is 4.79 Å². The minimum absolute atomic E-state index is 0.211. The Hall–Kier alpha value is -2.24. The fourth-order valence-electron chi connectivity index (χ4n) is 3.22. The molecule has 3 rings (SSSR count). The number of hydrogen-bond donors (Lipinski definition) is 0. The highest BCUT2D eigenvalue weighted by atomic mass is 16.2. The van der Waals surface area contributed by atoms with Crippen LogP contribution in [0.25, 0.3) is 11.4 Å². The zero-order valence-electron chi connectivity index (χ0n) is 15.1. The summed E-state index contributed by atoms with van der Waals surface area (Å²) in [6.45, 7) is 9.35. The third kappa shape index (κ3) is 3.18. The quantitative estimate of drug-likeness (QED) is 0.850. The van der Waals surface area contributed by atoms with E-state index in [0.29, 0.717) is 0 Å². The lowest BCUT2D eigenvalue weighted by Crippen LogP contribution is -2.37. The third-order valence-corrected chi connectivity index (χ3v) is 4.48. The minimum Gasteiger partial charge on any atom is -0.342 e. The van der Waals surface area contributed by atoms with Crippen molar-refractivity contribution in [3.8, 4) is 11.4 Å². The second-order valence-electron chi connectivity index (χ2n) is 7.55. The number of hydrogen-bond acceptors (Lipinski definition) is 4. The Morgan fingerprint density at radius 3 is 2.67 bits per heavy atom. The van der Waals surface area contributed by atoms with Gasteiger partial charge in [0.15, 0.2) is 0 Å². The number of amides is 1. The fraction of sp³-hybridized carbons (Fsp3) is 0.556. The molecule has 6 heteroatoms. The first-order valence-corrected chi connectivity index (χ1v) is 8.39. The van der Waals surface area contributed by atoms with E-state index in [4.69, 9.17) is 0 Å². The van der Waals surface area contributed by atoms with E-state index in [1.54, 1.807) is 6.20 Å². The van der Waals surface area contributed by atoms with Gasteiger partial charge in [-0.3, -0.25) is 9.48 Å². The molecule has 0 aromatic carbocycles. The van der Waals surface area contributed by atoms with Gasteiger partial charge in [0, 0.05) is 43.4 Å². The van der Waals surface area contributed by atoms with E-state index in [-0.39, 0.29) is 17.2 Å². The highest BCUT2D eigenvalue weighted by Gasteiger charge is 2.34. The van der Waals surface area contributed by atoms with Gasteiger partial charge in [0.1, 0.15) is 5.82 Å². The normalized spacial score (nSPS) is 18.2. The summed E-state index contributed by atoms with van der Waals surface area (Å²) in [7, 11) is 1.91. The number of carbonyl (C=O) groups excluding carboxylic acids is 1. The van der Waals surface area contributed by atoms with Crippen LogP contribution in [-0.4, -0.2) is 43.6 Å². The Morgan fingerprint density at radius 1 is 1.29 bits per heavy atom. The molecule has 6 nitrogen and oxygen atoms in total. The second kappa shape index (κ2) is 6.00. The highest BCUT2D eigenvalue weighted by Crippen LogP contribution is 2.31. The van der Waals surface area contributed by atoms with Crippen LogP contribution in [0.5, 0.6) is 0 Å². The van der Waals surface area contributed by atoms with Crippen LogP contribution in [0.3, 0.4) is 0 Å². The molecule has 0 saturated carbocycles. The van der Waals surface area contributed by atoms with Gasteiger partial charge < -0.3 is 4.90 Å². The van der Waals surface area contributed by atoms with Crippen molar-refractivity contribution in [1.29, 1.82) is 0 Å². The van der Waals surface area contributed by atoms with Gasteiger partial charge >= 0.3 is 0 Å². The van der Waals surface area contributed by atoms with Crippen LogP contribution < -0.4 is 0 Å². The Balaban J connectivity index is 1.85. The van der Waals surface area contributed by atoms with Gasteiger partial charge in [0.25, 0.3) is 0 Å². The van der Waals surface area contributed by atoms with Crippen LogP contribution in [0.2, 0.25) is 0 Å². The summed E-state index contributed by atoms with van der Waals surface area (Å²) in [5, 5.41) is 4.22. The molecule has 3 heterocycles. The molecule has 2 aromatic rings. The van der Waals surface area contributed by atoms with Crippen molar-refractivity contribution >= 4 is 5.91 Å². The third-order valence-electron chi connectivity index (χ3n) is 4.48. The second-order valence-corrected chi connectivity index (χ2v) is 7.55. The predicted molar refractivity (Wildman–Crippen MR) is 92.4 cm³/mol. The lowest BCUT2D eigenvalue weighted by molar-refractivity contribution is -0.138. The maximum Gasteiger partial charge on any atom is 0.227 e. The van der Waals surface area contributed by atoms with Crippen molar-refractivity contribution in [3.63, 3.8) is 0 Å².